The molecule has 12 heteroatoms. The molecule has 0 spiro atoms. The van der Waals surface area contributed by atoms with Crippen LogP contribution in [0.4, 0.5) is 4.39 Å². The van der Waals surface area contributed by atoms with Crippen molar-refractivity contribution in [3.63, 3.8) is 0 Å². The average molecular weight is 527 g/mol. The van der Waals surface area contributed by atoms with E-state index in [-0.39, 0.29) is 59.1 Å². The van der Waals surface area contributed by atoms with Crippen LogP contribution in [0.3, 0.4) is 0 Å². The third-order valence-electron chi connectivity index (χ3n) is 5.71. The molecule has 1 heterocycles. The molecule has 0 aliphatic carbocycles. The van der Waals surface area contributed by atoms with Crippen LogP contribution in [0.25, 0.3) is 21.3 Å². The average Bonchev–Trinajstić information content (AvgIpc) is 3.21. The van der Waals surface area contributed by atoms with E-state index in [0.717, 1.165) is 0 Å². The number of fused-ring (bicyclic) bond motifs is 1. The maximum Gasteiger partial charge on any atom is 0.249 e. The Morgan fingerprint density at radius 3 is 2.59 bits per heavy atom. The molecule has 10 nitrogen and oxygen atoms in total. The molecule has 0 atom stereocenters. The van der Waals surface area contributed by atoms with Gasteiger partial charge in [0.15, 0.2) is 5.78 Å². The molecule has 2 aromatic carbocycles. The SMILES string of the molecule is CC(=O)c1cn(CC(=O)N(CC(=O)NCc2cccc(Cl)c2F)C(C)C)c2ccc(C(=O)N=[N+]=[N-])cc12. The number of rotatable bonds is 9. The van der Waals surface area contributed by atoms with Gasteiger partial charge in [0, 0.05) is 51.3 Å². The molecule has 3 rings (SSSR count). The number of ketones is 1. The molecule has 1 aromatic heterocycles. The molecule has 0 bridgehead atoms. The van der Waals surface area contributed by atoms with Gasteiger partial charge in [-0.3, -0.25) is 19.2 Å². The van der Waals surface area contributed by atoms with Crippen molar-refractivity contribution in [3.8, 4) is 0 Å². The number of hydrogen-bond acceptors (Lipinski definition) is 4. The summed E-state index contributed by atoms with van der Waals surface area (Å²) in [4.78, 5) is 53.8. The Morgan fingerprint density at radius 1 is 1.22 bits per heavy atom. The molecule has 1 N–H and O–H groups in total. The van der Waals surface area contributed by atoms with Crippen LogP contribution in [0.5, 0.6) is 0 Å². The molecular weight excluding hydrogens is 503 g/mol. The molecule has 0 saturated heterocycles. The lowest BCUT2D eigenvalue weighted by Crippen LogP contribution is -2.45. The van der Waals surface area contributed by atoms with Gasteiger partial charge in [0.25, 0.3) is 0 Å². The van der Waals surface area contributed by atoms with Crippen LogP contribution >= 0.6 is 11.6 Å². The first-order valence-corrected chi connectivity index (χ1v) is 11.6. The number of carbonyl (C=O) groups is 4. The first-order valence-electron chi connectivity index (χ1n) is 11.3. The molecule has 0 radical (unpaired) electrons. The highest BCUT2D eigenvalue weighted by Crippen LogP contribution is 2.24. The molecule has 0 aliphatic heterocycles. The maximum atomic E-state index is 14.1. The number of aromatic nitrogens is 1. The highest BCUT2D eigenvalue weighted by atomic mass is 35.5. The lowest BCUT2D eigenvalue weighted by atomic mass is 10.1. The highest BCUT2D eigenvalue weighted by Gasteiger charge is 2.23. The normalized spacial score (nSPS) is 10.8. The van der Waals surface area contributed by atoms with E-state index in [1.807, 2.05) is 0 Å². The van der Waals surface area contributed by atoms with Gasteiger partial charge in [-0.1, -0.05) is 23.7 Å². The second kappa shape index (κ2) is 11.7. The molecule has 3 aromatic rings. The summed E-state index contributed by atoms with van der Waals surface area (Å²) in [6.07, 6.45) is 1.51. The Kier molecular flexibility index (Phi) is 8.65. The molecule has 0 fully saturated rings. The first kappa shape index (κ1) is 27.4. The van der Waals surface area contributed by atoms with E-state index < -0.39 is 17.6 Å². The number of azide groups is 1. The fourth-order valence-corrected chi connectivity index (χ4v) is 4.02. The monoisotopic (exact) mass is 526 g/mol. The Morgan fingerprint density at radius 2 is 1.95 bits per heavy atom. The lowest BCUT2D eigenvalue weighted by Gasteiger charge is -2.26. The molecule has 0 saturated carbocycles. The van der Waals surface area contributed by atoms with Gasteiger partial charge in [-0.25, -0.2) is 4.39 Å². The second-order valence-corrected chi connectivity index (χ2v) is 8.97. The topological polar surface area (TPSA) is 137 Å². The van der Waals surface area contributed by atoms with Crippen molar-refractivity contribution in [2.75, 3.05) is 6.54 Å². The maximum absolute atomic E-state index is 14.1. The standard InChI is InChI=1S/C25H24ClFN6O4/c1-14(2)33(12-22(35)29-10-17-5-4-6-20(26)24(17)27)23(36)13-32-11-19(15(3)34)18-9-16(7-8-21(18)32)25(37)30-31-28/h4-9,11,14H,10,12-13H2,1-3H3,(H,29,35). The van der Waals surface area contributed by atoms with Crippen molar-refractivity contribution < 1.29 is 23.6 Å². The Labute approximate surface area is 216 Å². The molecule has 0 unspecified atom stereocenters. The quantitative estimate of drug-likeness (QED) is 0.188. The van der Waals surface area contributed by atoms with Crippen molar-refractivity contribution in [1.82, 2.24) is 14.8 Å². The predicted molar refractivity (Wildman–Crippen MR) is 136 cm³/mol. The minimum absolute atomic E-state index is 0.0520. The van der Waals surface area contributed by atoms with Gasteiger partial charge in [-0.2, -0.15) is 0 Å². The van der Waals surface area contributed by atoms with Gasteiger partial charge < -0.3 is 14.8 Å². The summed E-state index contributed by atoms with van der Waals surface area (Å²) < 4.78 is 15.7. The summed E-state index contributed by atoms with van der Waals surface area (Å²) in [5.74, 6) is -2.56. The van der Waals surface area contributed by atoms with Crippen molar-refractivity contribution in [1.29, 1.82) is 0 Å². The van der Waals surface area contributed by atoms with E-state index in [9.17, 15) is 23.6 Å². The molecule has 3 amide bonds. The summed E-state index contributed by atoms with van der Waals surface area (Å²) in [6, 6.07) is 8.58. The van der Waals surface area contributed by atoms with Crippen molar-refractivity contribution in [2.24, 2.45) is 5.11 Å². The summed E-state index contributed by atoms with van der Waals surface area (Å²) >= 11 is 5.77. The van der Waals surface area contributed by atoms with Gasteiger partial charge in [-0.15, -0.1) is 0 Å². The van der Waals surface area contributed by atoms with Gasteiger partial charge in [0.05, 0.1) is 11.6 Å². The van der Waals surface area contributed by atoms with Gasteiger partial charge in [0.2, 0.25) is 17.7 Å². The van der Waals surface area contributed by atoms with Crippen LogP contribution in [0.1, 0.15) is 47.1 Å². The summed E-state index contributed by atoms with van der Waals surface area (Å²) in [7, 11) is 0. The highest BCUT2D eigenvalue weighted by molar-refractivity contribution is 6.30. The number of benzene rings is 2. The Balaban J connectivity index is 1.80. The predicted octanol–water partition coefficient (Wildman–Crippen LogP) is 4.64. The van der Waals surface area contributed by atoms with Crippen molar-refractivity contribution >= 4 is 46.0 Å². The summed E-state index contributed by atoms with van der Waals surface area (Å²) in [5, 5.41) is 6.04. The number of hydrogen-bond donors (Lipinski definition) is 1. The van der Waals surface area contributed by atoms with E-state index in [2.05, 4.69) is 15.3 Å². The number of amides is 3. The Bertz CT molecular complexity index is 1440. The van der Waals surface area contributed by atoms with Gasteiger partial charge in [-0.05, 0) is 55.7 Å². The number of nitrogens with one attached hydrogen (secondary N) is 1. The molecule has 0 aliphatic rings. The van der Waals surface area contributed by atoms with Crippen LogP contribution < -0.4 is 5.32 Å². The second-order valence-electron chi connectivity index (χ2n) is 8.56. The summed E-state index contributed by atoms with van der Waals surface area (Å²) in [6.45, 7) is 4.33. The van der Waals surface area contributed by atoms with Crippen LogP contribution in [-0.2, 0) is 22.7 Å². The van der Waals surface area contributed by atoms with E-state index in [1.54, 1.807) is 30.5 Å². The van der Waals surface area contributed by atoms with E-state index in [1.165, 1.54) is 42.3 Å². The smallest absolute Gasteiger partial charge is 0.249 e. The molecule has 192 valence electrons. The minimum Gasteiger partial charge on any atom is -0.350 e. The zero-order chi connectivity index (χ0) is 27.3. The van der Waals surface area contributed by atoms with Crippen molar-refractivity contribution in [3.05, 3.63) is 80.6 Å². The third kappa shape index (κ3) is 6.32. The van der Waals surface area contributed by atoms with Gasteiger partial charge in [0.1, 0.15) is 12.4 Å². The van der Waals surface area contributed by atoms with Crippen LogP contribution in [0.2, 0.25) is 5.02 Å². The Hall–Kier alpha value is -4.21. The lowest BCUT2D eigenvalue weighted by molar-refractivity contribution is -0.138. The fraction of sp³-hybridized carbons (Fsp3) is 0.280. The fourth-order valence-electron chi connectivity index (χ4n) is 3.82. The number of Topliss-reactive ketones (excluding diaryl/α,β-unsaturated/α-hetero) is 1. The number of halogens is 2. The van der Waals surface area contributed by atoms with Crippen molar-refractivity contribution in [2.45, 2.75) is 39.9 Å². The summed E-state index contributed by atoms with van der Waals surface area (Å²) in [5.41, 5.74) is 9.64. The molecule has 37 heavy (non-hydrogen) atoms. The van der Waals surface area contributed by atoms with Gasteiger partial charge >= 0.3 is 0 Å². The van der Waals surface area contributed by atoms with E-state index >= 15 is 0 Å². The zero-order valence-electron chi connectivity index (χ0n) is 20.4. The number of nitrogens with zero attached hydrogens (tertiary/aromatic N) is 5. The zero-order valence-corrected chi connectivity index (χ0v) is 21.1. The van der Waals surface area contributed by atoms with Crippen LogP contribution in [0, 0.1) is 5.82 Å². The van der Waals surface area contributed by atoms with E-state index in [4.69, 9.17) is 17.1 Å². The number of carbonyl (C=O) groups excluding carboxylic acids is 4. The third-order valence-corrected chi connectivity index (χ3v) is 6.01. The van der Waals surface area contributed by atoms with Crippen LogP contribution in [0.15, 0.2) is 47.7 Å². The minimum atomic E-state index is -0.794. The van der Waals surface area contributed by atoms with E-state index in [0.29, 0.717) is 10.9 Å². The first-order chi connectivity index (χ1) is 17.5. The van der Waals surface area contributed by atoms with Crippen LogP contribution in [-0.4, -0.2) is 45.6 Å². The molecular formula is C25H24ClFN6O4. The largest absolute Gasteiger partial charge is 0.350 e.